The van der Waals surface area contributed by atoms with Crippen LogP contribution in [0.4, 0.5) is 0 Å². The Bertz CT molecular complexity index is 196. The number of aliphatic hydroxyl groups excluding tert-OH is 1. The molecule has 1 fully saturated rings. The van der Waals surface area contributed by atoms with Crippen molar-refractivity contribution in [2.75, 3.05) is 26.3 Å². The van der Waals surface area contributed by atoms with Crippen LogP contribution in [0.15, 0.2) is 0 Å². The molecule has 0 spiro atoms. The maximum atomic E-state index is 11.6. The Balaban J connectivity index is 2.39. The second kappa shape index (κ2) is 5.29. The molecule has 1 rings (SSSR count). The molecule has 3 N–H and O–H groups in total. The van der Waals surface area contributed by atoms with Crippen LogP contribution in [-0.4, -0.2) is 54.4 Å². The van der Waals surface area contributed by atoms with Crippen LogP contribution in [0.3, 0.4) is 0 Å². The molecule has 0 radical (unpaired) electrons. The molecule has 0 bridgehead atoms. The van der Waals surface area contributed by atoms with Crippen molar-refractivity contribution in [3.05, 3.63) is 0 Å². The van der Waals surface area contributed by atoms with Gasteiger partial charge < -0.3 is 20.5 Å². The summed E-state index contributed by atoms with van der Waals surface area (Å²) in [6.07, 6.45) is 0.124. The van der Waals surface area contributed by atoms with Crippen LogP contribution in [0.1, 0.15) is 13.3 Å². The summed E-state index contributed by atoms with van der Waals surface area (Å²) in [7, 11) is 0. The number of aliphatic hydroxyl groups is 1. The van der Waals surface area contributed by atoms with E-state index in [1.54, 1.807) is 4.90 Å². The first kappa shape index (κ1) is 11.4. The zero-order valence-electron chi connectivity index (χ0n) is 8.48. The highest BCUT2D eigenvalue weighted by atomic mass is 16.5. The van der Waals surface area contributed by atoms with Crippen molar-refractivity contribution in [3.63, 3.8) is 0 Å². The van der Waals surface area contributed by atoms with Crippen molar-refractivity contribution >= 4 is 5.91 Å². The largest absolute Gasteiger partial charge is 0.394 e. The Morgan fingerprint density at radius 1 is 1.79 bits per heavy atom. The molecule has 82 valence electrons. The van der Waals surface area contributed by atoms with E-state index in [0.717, 1.165) is 0 Å². The van der Waals surface area contributed by atoms with E-state index in [1.807, 2.05) is 6.92 Å². The minimum Gasteiger partial charge on any atom is -0.394 e. The number of morpholine rings is 1. The van der Waals surface area contributed by atoms with Gasteiger partial charge in [-0.15, -0.1) is 0 Å². The molecule has 1 saturated heterocycles. The lowest BCUT2D eigenvalue weighted by Gasteiger charge is -2.32. The van der Waals surface area contributed by atoms with Gasteiger partial charge in [0.1, 0.15) is 0 Å². The van der Waals surface area contributed by atoms with Crippen molar-refractivity contribution in [2.45, 2.75) is 25.5 Å². The normalized spacial score (nSPS) is 24.8. The van der Waals surface area contributed by atoms with Crippen LogP contribution in [-0.2, 0) is 9.53 Å². The maximum Gasteiger partial charge on any atom is 0.224 e. The molecule has 1 heterocycles. The number of amides is 1. The summed E-state index contributed by atoms with van der Waals surface area (Å²) in [6, 6.07) is -0.113. The number of hydrogen-bond acceptors (Lipinski definition) is 4. The van der Waals surface area contributed by atoms with Crippen molar-refractivity contribution in [3.8, 4) is 0 Å². The predicted octanol–water partition coefficient (Wildman–Crippen LogP) is -1.06. The van der Waals surface area contributed by atoms with Crippen LogP contribution >= 0.6 is 0 Å². The van der Waals surface area contributed by atoms with Crippen LogP contribution < -0.4 is 5.73 Å². The van der Waals surface area contributed by atoms with Gasteiger partial charge in [-0.2, -0.15) is 0 Å². The van der Waals surface area contributed by atoms with Gasteiger partial charge in [0.15, 0.2) is 0 Å². The Hall–Kier alpha value is -0.650. The first-order chi connectivity index (χ1) is 6.63. The smallest absolute Gasteiger partial charge is 0.224 e. The molecule has 1 aliphatic heterocycles. The fourth-order valence-electron chi connectivity index (χ4n) is 1.46. The monoisotopic (exact) mass is 202 g/mol. The van der Waals surface area contributed by atoms with Gasteiger partial charge in [-0.3, -0.25) is 4.79 Å². The molecular weight excluding hydrogens is 184 g/mol. The van der Waals surface area contributed by atoms with E-state index in [2.05, 4.69) is 0 Å². The fraction of sp³-hybridized carbons (Fsp3) is 0.889. The lowest BCUT2D eigenvalue weighted by Crippen LogP contribution is -2.47. The zero-order chi connectivity index (χ0) is 10.6. The summed E-state index contributed by atoms with van der Waals surface area (Å²) in [6.45, 7) is 3.34. The first-order valence-electron chi connectivity index (χ1n) is 4.89. The lowest BCUT2D eigenvalue weighted by molar-refractivity contribution is -0.140. The van der Waals surface area contributed by atoms with E-state index >= 15 is 0 Å². The highest BCUT2D eigenvalue weighted by Gasteiger charge is 2.23. The van der Waals surface area contributed by atoms with Crippen LogP contribution in [0.5, 0.6) is 0 Å². The van der Waals surface area contributed by atoms with E-state index < -0.39 is 0 Å². The molecule has 14 heavy (non-hydrogen) atoms. The second-order valence-electron chi connectivity index (χ2n) is 3.70. The Morgan fingerprint density at radius 2 is 2.50 bits per heavy atom. The zero-order valence-corrected chi connectivity index (χ0v) is 8.48. The van der Waals surface area contributed by atoms with Crippen LogP contribution in [0, 0.1) is 0 Å². The maximum absolute atomic E-state index is 11.6. The van der Waals surface area contributed by atoms with E-state index in [4.69, 9.17) is 15.6 Å². The predicted molar refractivity (Wildman–Crippen MR) is 51.7 cm³/mol. The number of nitrogens with two attached hydrogens (primary N) is 1. The minimum atomic E-state index is -0.235. The molecular formula is C9H18N2O3. The number of ether oxygens (including phenoxy) is 1. The van der Waals surface area contributed by atoms with Crippen molar-refractivity contribution in [1.82, 2.24) is 4.90 Å². The van der Waals surface area contributed by atoms with Crippen molar-refractivity contribution in [2.24, 2.45) is 5.73 Å². The van der Waals surface area contributed by atoms with Gasteiger partial charge in [0.05, 0.1) is 19.3 Å². The van der Waals surface area contributed by atoms with Gasteiger partial charge in [-0.25, -0.2) is 0 Å². The molecule has 0 saturated carbocycles. The van der Waals surface area contributed by atoms with E-state index in [0.29, 0.717) is 26.1 Å². The summed E-state index contributed by atoms with van der Waals surface area (Å²) in [5.74, 6) is 0.0433. The average molecular weight is 202 g/mol. The molecule has 1 amide bonds. The average Bonchev–Trinajstić information content (AvgIpc) is 2.17. The molecule has 2 unspecified atom stereocenters. The first-order valence-corrected chi connectivity index (χ1v) is 4.89. The third-order valence-corrected chi connectivity index (χ3v) is 2.19. The molecule has 0 aromatic rings. The molecule has 5 nitrogen and oxygen atoms in total. The molecule has 5 heteroatoms. The van der Waals surface area contributed by atoms with Crippen LogP contribution in [0.2, 0.25) is 0 Å². The SMILES string of the molecule is CC(N)CC(=O)N1CCOC(CO)C1. The molecule has 0 aliphatic carbocycles. The Morgan fingerprint density at radius 3 is 3.07 bits per heavy atom. The molecule has 0 aromatic carbocycles. The summed E-state index contributed by atoms with van der Waals surface area (Å²) in [4.78, 5) is 13.3. The van der Waals surface area contributed by atoms with Crippen molar-refractivity contribution < 1.29 is 14.6 Å². The Kier molecular flexibility index (Phi) is 4.31. The number of nitrogens with zero attached hydrogens (tertiary/aromatic N) is 1. The van der Waals surface area contributed by atoms with E-state index in [-0.39, 0.29) is 24.7 Å². The summed E-state index contributed by atoms with van der Waals surface area (Å²) in [5, 5.41) is 8.88. The number of rotatable bonds is 3. The standard InChI is InChI=1S/C9H18N2O3/c1-7(10)4-9(13)11-2-3-14-8(5-11)6-12/h7-8,12H,2-6,10H2,1H3. The third kappa shape index (κ3) is 3.25. The molecule has 1 aliphatic rings. The third-order valence-electron chi connectivity index (χ3n) is 2.19. The van der Waals surface area contributed by atoms with Gasteiger partial charge in [0.2, 0.25) is 5.91 Å². The van der Waals surface area contributed by atoms with Gasteiger partial charge in [0, 0.05) is 25.6 Å². The highest BCUT2D eigenvalue weighted by molar-refractivity contribution is 5.76. The second-order valence-corrected chi connectivity index (χ2v) is 3.70. The number of carbonyl (C=O) groups excluding carboxylic acids is 1. The summed E-state index contributed by atoms with van der Waals surface area (Å²) < 4.78 is 5.24. The van der Waals surface area contributed by atoms with Crippen molar-refractivity contribution in [1.29, 1.82) is 0 Å². The van der Waals surface area contributed by atoms with E-state index in [9.17, 15) is 4.79 Å². The quantitative estimate of drug-likeness (QED) is 0.612. The summed E-state index contributed by atoms with van der Waals surface area (Å²) >= 11 is 0. The number of carbonyl (C=O) groups is 1. The van der Waals surface area contributed by atoms with Crippen LogP contribution in [0.25, 0.3) is 0 Å². The molecule has 0 aromatic heterocycles. The number of hydrogen-bond donors (Lipinski definition) is 2. The minimum absolute atomic E-state index is 0.0397. The molecule has 2 atom stereocenters. The van der Waals surface area contributed by atoms with Gasteiger partial charge >= 0.3 is 0 Å². The summed E-state index contributed by atoms with van der Waals surface area (Å²) in [5.41, 5.74) is 5.54. The van der Waals surface area contributed by atoms with Gasteiger partial charge in [-0.05, 0) is 6.92 Å². The van der Waals surface area contributed by atoms with Gasteiger partial charge in [-0.1, -0.05) is 0 Å². The topological polar surface area (TPSA) is 75.8 Å². The van der Waals surface area contributed by atoms with Gasteiger partial charge in [0.25, 0.3) is 0 Å². The van der Waals surface area contributed by atoms with E-state index in [1.165, 1.54) is 0 Å². The highest BCUT2D eigenvalue weighted by Crippen LogP contribution is 2.06. The Labute approximate surface area is 83.8 Å². The lowest BCUT2D eigenvalue weighted by atomic mass is 10.2. The fourth-order valence-corrected chi connectivity index (χ4v) is 1.46.